The first kappa shape index (κ1) is 23.7. The number of nitrogens with one attached hydrogen (secondary N) is 1. The van der Waals surface area contributed by atoms with Gasteiger partial charge < -0.3 is 9.73 Å². The second kappa shape index (κ2) is 13.8. The van der Waals surface area contributed by atoms with Gasteiger partial charge in [-0.3, -0.25) is 9.35 Å². The number of unbranched alkanes of at least 4 members (excludes halogenated alkanes) is 11. The molecule has 0 fully saturated rings. The highest BCUT2D eigenvalue weighted by atomic mass is 32.2. The number of rotatable bonds is 16. The molecule has 0 aliphatic carbocycles. The monoisotopic (exact) mass is 401 g/mol. The molecule has 0 bridgehead atoms. The van der Waals surface area contributed by atoms with Gasteiger partial charge in [0.05, 0.1) is 0 Å². The molecule has 1 amide bonds. The van der Waals surface area contributed by atoms with Crippen LogP contribution in [-0.4, -0.2) is 25.4 Å². The average Bonchev–Trinajstić information content (AvgIpc) is 3.05. The normalized spacial score (nSPS) is 11.6. The molecule has 2 N–H and O–H groups in total. The summed E-state index contributed by atoms with van der Waals surface area (Å²) in [5, 5.41) is 2.77. The van der Waals surface area contributed by atoms with Gasteiger partial charge in [0.25, 0.3) is 16.0 Å². The van der Waals surface area contributed by atoms with Crippen LogP contribution >= 0.6 is 0 Å². The maximum Gasteiger partial charge on any atom is 0.286 e. The maximum absolute atomic E-state index is 11.9. The molecule has 1 aromatic rings. The minimum absolute atomic E-state index is 0.0491. The van der Waals surface area contributed by atoms with Gasteiger partial charge in [-0.15, -0.1) is 0 Å². The van der Waals surface area contributed by atoms with Crippen LogP contribution < -0.4 is 5.32 Å². The van der Waals surface area contributed by atoms with Crippen molar-refractivity contribution in [3.63, 3.8) is 0 Å². The molecule has 7 heteroatoms. The summed E-state index contributed by atoms with van der Waals surface area (Å²) in [4.78, 5) is 11.9. The Kier molecular flexibility index (Phi) is 12.1. The van der Waals surface area contributed by atoms with E-state index in [1.165, 1.54) is 76.3 Å². The van der Waals surface area contributed by atoms with Crippen molar-refractivity contribution in [2.75, 3.05) is 6.54 Å². The van der Waals surface area contributed by atoms with Crippen LogP contribution in [0.15, 0.2) is 16.5 Å². The fourth-order valence-corrected chi connectivity index (χ4v) is 3.53. The molecule has 0 radical (unpaired) electrons. The molecule has 0 saturated carbocycles. The third-order valence-corrected chi connectivity index (χ3v) is 5.18. The van der Waals surface area contributed by atoms with Crippen molar-refractivity contribution in [3.05, 3.63) is 23.7 Å². The summed E-state index contributed by atoms with van der Waals surface area (Å²) in [6.45, 7) is 2.82. The molecule has 6 nitrogen and oxygen atoms in total. The Morgan fingerprint density at radius 3 is 1.96 bits per heavy atom. The van der Waals surface area contributed by atoms with E-state index in [0.29, 0.717) is 6.54 Å². The lowest BCUT2D eigenvalue weighted by molar-refractivity contribution is 0.0923. The average molecular weight is 402 g/mol. The highest BCUT2D eigenvalue weighted by Crippen LogP contribution is 2.12. The van der Waals surface area contributed by atoms with Gasteiger partial charge in [0.2, 0.25) is 0 Å². The number of amides is 1. The Morgan fingerprint density at radius 1 is 0.926 bits per heavy atom. The fourth-order valence-electron chi connectivity index (χ4n) is 3.01. The summed E-state index contributed by atoms with van der Waals surface area (Å²) in [5.41, 5.74) is 0. The van der Waals surface area contributed by atoms with E-state index in [0.717, 1.165) is 12.8 Å². The van der Waals surface area contributed by atoms with Crippen molar-refractivity contribution in [3.8, 4) is 0 Å². The van der Waals surface area contributed by atoms with Gasteiger partial charge in [-0.1, -0.05) is 77.6 Å². The van der Waals surface area contributed by atoms with Crippen LogP contribution in [0.3, 0.4) is 0 Å². The molecule has 0 atom stereocenters. The predicted molar refractivity (Wildman–Crippen MR) is 107 cm³/mol. The molecule has 27 heavy (non-hydrogen) atoms. The van der Waals surface area contributed by atoms with Crippen LogP contribution in [0.1, 0.15) is 100 Å². The Labute approximate surface area is 163 Å². The molecule has 1 aromatic heterocycles. The molecule has 0 unspecified atom stereocenters. The molecule has 0 aliphatic rings. The number of carbonyl (C=O) groups is 1. The Bertz CT molecular complexity index is 624. The Balaban J connectivity index is 1.98. The molecular weight excluding hydrogens is 366 g/mol. The summed E-state index contributed by atoms with van der Waals surface area (Å²) >= 11 is 0. The summed E-state index contributed by atoms with van der Waals surface area (Å²) in [7, 11) is -4.16. The molecule has 0 aromatic carbocycles. The lowest BCUT2D eigenvalue weighted by Gasteiger charge is -2.04. The first-order chi connectivity index (χ1) is 12.9. The zero-order valence-corrected chi connectivity index (χ0v) is 17.4. The van der Waals surface area contributed by atoms with Gasteiger partial charge in [0.15, 0.2) is 5.76 Å². The van der Waals surface area contributed by atoms with Crippen molar-refractivity contribution >= 4 is 16.0 Å². The SMILES string of the molecule is CCCCCCCCCCCCCCNC(=O)c1ccc(CS(=O)(=O)O)o1. The lowest BCUT2D eigenvalue weighted by Crippen LogP contribution is -2.23. The highest BCUT2D eigenvalue weighted by Gasteiger charge is 2.14. The number of furan rings is 1. The van der Waals surface area contributed by atoms with Gasteiger partial charge >= 0.3 is 0 Å². The van der Waals surface area contributed by atoms with Crippen molar-refractivity contribution in [2.45, 2.75) is 89.7 Å². The quantitative estimate of drug-likeness (QED) is 0.297. The maximum atomic E-state index is 11.9. The molecule has 1 rings (SSSR count). The van der Waals surface area contributed by atoms with Gasteiger partial charge in [-0.05, 0) is 18.6 Å². The predicted octanol–water partition coefficient (Wildman–Crippen LogP) is 5.10. The number of hydrogen-bond donors (Lipinski definition) is 2. The van der Waals surface area contributed by atoms with Crippen LogP contribution in [0, 0.1) is 0 Å². The van der Waals surface area contributed by atoms with Crippen LogP contribution in [0.25, 0.3) is 0 Å². The fraction of sp³-hybridized carbons (Fsp3) is 0.750. The zero-order chi connectivity index (χ0) is 20.0. The summed E-state index contributed by atoms with van der Waals surface area (Å²) in [6, 6.07) is 2.80. The molecule has 0 saturated heterocycles. The first-order valence-electron chi connectivity index (χ1n) is 10.2. The Hall–Kier alpha value is -1.34. The molecule has 0 aliphatic heterocycles. The van der Waals surface area contributed by atoms with E-state index in [9.17, 15) is 13.2 Å². The highest BCUT2D eigenvalue weighted by molar-refractivity contribution is 7.84. The van der Waals surface area contributed by atoms with Crippen molar-refractivity contribution in [1.29, 1.82) is 0 Å². The second-order valence-electron chi connectivity index (χ2n) is 7.14. The van der Waals surface area contributed by atoms with E-state index in [1.54, 1.807) is 0 Å². The van der Waals surface area contributed by atoms with E-state index < -0.39 is 15.9 Å². The van der Waals surface area contributed by atoms with Crippen LogP contribution in [-0.2, 0) is 15.9 Å². The van der Waals surface area contributed by atoms with Crippen LogP contribution in [0.2, 0.25) is 0 Å². The molecule has 0 spiro atoms. The third-order valence-electron chi connectivity index (χ3n) is 4.53. The largest absolute Gasteiger partial charge is 0.455 e. The van der Waals surface area contributed by atoms with E-state index in [4.69, 9.17) is 8.97 Å². The molecule has 156 valence electrons. The standard InChI is InChI=1S/C20H35NO5S/c1-2-3-4-5-6-7-8-9-10-11-12-13-16-21-20(22)19-15-14-18(26-19)17-27(23,24)25/h14-15H,2-13,16-17H2,1H3,(H,21,22)(H,23,24,25). The lowest BCUT2D eigenvalue weighted by atomic mass is 10.1. The minimum Gasteiger partial charge on any atom is -0.455 e. The second-order valence-corrected chi connectivity index (χ2v) is 8.59. The number of carbonyl (C=O) groups excluding carboxylic acids is 1. The van der Waals surface area contributed by atoms with E-state index in [1.807, 2.05) is 0 Å². The third kappa shape index (κ3) is 12.6. The molecule has 1 heterocycles. The van der Waals surface area contributed by atoms with E-state index >= 15 is 0 Å². The van der Waals surface area contributed by atoms with Gasteiger partial charge in [-0.2, -0.15) is 8.42 Å². The van der Waals surface area contributed by atoms with Gasteiger partial charge in [0.1, 0.15) is 11.5 Å². The summed E-state index contributed by atoms with van der Waals surface area (Å²) < 4.78 is 35.5. The van der Waals surface area contributed by atoms with E-state index in [2.05, 4.69) is 12.2 Å². The van der Waals surface area contributed by atoms with Gasteiger partial charge in [-0.25, -0.2) is 0 Å². The first-order valence-corrected chi connectivity index (χ1v) is 11.9. The van der Waals surface area contributed by atoms with Crippen molar-refractivity contribution in [2.24, 2.45) is 0 Å². The molecular formula is C20H35NO5S. The van der Waals surface area contributed by atoms with Crippen LogP contribution in [0.4, 0.5) is 0 Å². The smallest absolute Gasteiger partial charge is 0.286 e. The topological polar surface area (TPSA) is 96.6 Å². The van der Waals surface area contributed by atoms with Gasteiger partial charge in [0, 0.05) is 6.54 Å². The van der Waals surface area contributed by atoms with Crippen LogP contribution in [0.5, 0.6) is 0 Å². The van der Waals surface area contributed by atoms with Crippen molar-refractivity contribution in [1.82, 2.24) is 5.32 Å². The zero-order valence-electron chi connectivity index (χ0n) is 16.5. The van der Waals surface area contributed by atoms with Crippen molar-refractivity contribution < 1.29 is 22.2 Å². The Morgan fingerprint density at radius 2 is 1.44 bits per heavy atom. The number of hydrogen-bond acceptors (Lipinski definition) is 4. The van der Waals surface area contributed by atoms with E-state index in [-0.39, 0.29) is 17.4 Å². The summed E-state index contributed by atoms with van der Waals surface area (Å²) in [6.07, 6.45) is 15.2. The minimum atomic E-state index is -4.16. The summed E-state index contributed by atoms with van der Waals surface area (Å²) in [5.74, 6) is -0.876.